The first-order chi connectivity index (χ1) is 8.77. The van der Waals surface area contributed by atoms with Crippen molar-refractivity contribution in [3.8, 4) is 5.75 Å². The maximum absolute atomic E-state index is 5.67. The van der Waals surface area contributed by atoms with Crippen LogP contribution in [-0.4, -0.2) is 6.79 Å². The van der Waals surface area contributed by atoms with Gasteiger partial charge in [0.1, 0.15) is 5.75 Å². The van der Waals surface area contributed by atoms with E-state index in [1.807, 2.05) is 62.4 Å². The molecule has 0 heterocycles. The van der Waals surface area contributed by atoms with Crippen molar-refractivity contribution in [2.24, 2.45) is 0 Å². The van der Waals surface area contributed by atoms with Gasteiger partial charge in [0.2, 0.25) is 0 Å². The van der Waals surface area contributed by atoms with Crippen LogP contribution in [0.15, 0.2) is 48.5 Å². The van der Waals surface area contributed by atoms with Gasteiger partial charge in [-0.25, -0.2) is 0 Å². The molecule has 0 spiro atoms. The monoisotopic (exact) mass is 242 g/mol. The average Bonchev–Trinajstić information content (AvgIpc) is 2.38. The molecule has 0 atom stereocenters. The SMILES string of the molecule is Cc1cccc(C)c1OCOCc1ccccc1. The molecule has 0 N–H and O–H groups in total. The number of para-hydroxylation sites is 1. The Kier molecular flexibility index (Phi) is 4.37. The van der Waals surface area contributed by atoms with Crippen LogP contribution in [0.2, 0.25) is 0 Å². The lowest BCUT2D eigenvalue weighted by Gasteiger charge is -2.12. The first-order valence-electron chi connectivity index (χ1n) is 6.08. The van der Waals surface area contributed by atoms with Crippen LogP contribution in [-0.2, 0) is 11.3 Å². The van der Waals surface area contributed by atoms with Gasteiger partial charge in [0.15, 0.2) is 6.79 Å². The molecule has 0 aliphatic rings. The van der Waals surface area contributed by atoms with Gasteiger partial charge in [-0.1, -0.05) is 48.5 Å². The molecule has 2 nitrogen and oxygen atoms in total. The van der Waals surface area contributed by atoms with Gasteiger partial charge < -0.3 is 9.47 Å². The fraction of sp³-hybridized carbons (Fsp3) is 0.250. The standard InChI is InChI=1S/C16H18O2/c1-13-7-6-8-14(2)16(13)18-12-17-11-15-9-4-3-5-10-15/h3-10H,11-12H2,1-2H3. The van der Waals surface area contributed by atoms with Crippen LogP contribution in [0.25, 0.3) is 0 Å². The summed E-state index contributed by atoms with van der Waals surface area (Å²) < 4.78 is 11.2. The molecule has 0 fully saturated rings. The average molecular weight is 242 g/mol. The predicted octanol–water partition coefficient (Wildman–Crippen LogP) is 3.86. The zero-order chi connectivity index (χ0) is 12.8. The van der Waals surface area contributed by atoms with Gasteiger partial charge in [-0.05, 0) is 30.5 Å². The fourth-order valence-electron chi connectivity index (χ4n) is 1.86. The topological polar surface area (TPSA) is 18.5 Å². The van der Waals surface area contributed by atoms with Crippen molar-refractivity contribution < 1.29 is 9.47 Å². The highest BCUT2D eigenvalue weighted by Gasteiger charge is 2.02. The molecule has 94 valence electrons. The Morgan fingerprint density at radius 2 is 1.50 bits per heavy atom. The third-order valence-corrected chi connectivity index (χ3v) is 2.81. The summed E-state index contributed by atoms with van der Waals surface area (Å²) in [6.45, 7) is 4.94. The molecule has 0 aromatic heterocycles. The van der Waals surface area contributed by atoms with Gasteiger partial charge in [-0.3, -0.25) is 0 Å². The molecule has 0 saturated carbocycles. The van der Waals surface area contributed by atoms with E-state index in [-0.39, 0.29) is 6.79 Å². The maximum Gasteiger partial charge on any atom is 0.189 e. The molecule has 2 aromatic carbocycles. The van der Waals surface area contributed by atoms with E-state index in [0.29, 0.717) is 6.61 Å². The van der Waals surface area contributed by atoms with E-state index in [1.165, 1.54) is 0 Å². The highest BCUT2D eigenvalue weighted by Crippen LogP contribution is 2.22. The molecule has 0 aliphatic heterocycles. The van der Waals surface area contributed by atoms with Crippen LogP contribution in [0, 0.1) is 13.8 Å². The Morgan fingerprint density at radius 1 is 0.833 bits per heavy atom. The Hall–Kier alpha value is -1.80. The van der Waals surface area contributed by atoms with Gasteiger partial charge >= 0.3 is 0 Å². The number of hydrogen-bond donors (Lipinski definition) is 0. The summed E-state index contributed by atoms with van der Waals surface area (Å²) in [6.07, 6.45) is 0. The van der Waals surface area contributed by atoms with Crippen LogP contribution in [0.1, 0.15) is 16.7 Å². The maximum atomic E-state index is 5.67. The second-order valence-corrected chi connectivity index (χ2v) is 4.32. The molecule has 2 aromatic rings. The third-order valence-electron chi connectivity index (χ3n) is 2.81. The molecule has 2 rings (SSSR count). The van der Waals surface area contributed by atoms with Crippen molar-refractivity contribution in [2.75, 3.05) is 6.79 Å². The largest absolute Gasteiger partial charge is 0.467 e. The van der Waals surface area contributed by atoms with Crippen molar-refractivity contribution in [3.05, 3.63) is 65.2 Å². The zero-order valence-electron chi connectivity index (χ0n) is 10.8. The molecule has 0 aliphatic carbocycles. The van der Waals surface area contributed by atoms with E-state index in [9.17, 15) is 0 Å². The number of rotatable bonds is 5. The normalized spacial score (nSPS) is 10.3. The minimum atomic E-state index is 0.278. The van der Waals surface area contributed by atoms with Crippen molar-refractivity contribution >= 4 is 0 Å². The van der Waals surface area contributed by atoms with Gasteiger partial charge in [0, 0.05) is 0 Å². The van der Waals surface area contributed by atoms with Gasteiger partial charge in [-0.15, -0.1) is 0 Å². The van der Waals surface area contributed by atoms with Crippen LogP contribution >= 0.6 is 0 Å². The molecular formula is C16H18O2. The molecule has 0 saturated heterocycles. The van der Waals surface area contributed by atoms with Crippen LogP contribution in [0.5, 0.6) is 5.75 Å². The van der Waals surface area contributed by atoms with E-state index in [2.05, 4.69) is 0 Å². The summed E-state index contributed by atoms with van der Waals surface area (Å²) in [5.41, 5.74) is 3.43. The van der Waals surface area contributed by atoms with Crippen molar-refractivity contribution in [2.45, 2.75) is 20.5 Å². The second-order valence-electron chi connectivity index (χ2n) is 4.32. The summed E-state index contributed by atoms with van der Waals surface area (Å²) in [6, 6.07) is 16.2. The van der Waals surface area contributed by atoms with Gasteiger partial charge in [-0.2, -0.15) is 0 Å². The molecule has 0 radical (unpaired) electrons. The zero-order valence-corrected chi connectivity index (χ0v) is 10.8. The van der Waals surface area contributed by atoms with E-state index in [1.54, 1.807) is 0 Å². The second kappa shape index (κ2) is 6.22. The third kappa shape index (κ3) is 3.34. The quantitative estimate of drug-likeness (QED) is 0.585. The summed E-state index contributed by atoms with van der Waals surface area (Å²) in [5, 5.41) is 0. The minimum Gasteiger partial charge on any atom is -0.467 e. The lowest BCUT2D eigenvalue weighted by atomic mass is 10.1. The number of ether oxygens (including phenoxy) is 2. The Labute approximate surface area is 108 Å². The Balaban J connectivity index is 1.82. The molecule has 18 heavy (non-hydrogen) atoms. The predicted molar refractivity (Wildman–Crippen MR) is 72.6 cm³/mol. The highest BCUT2D eigenvalue weighted by atomic mass is 16.7. The van der Waals surface area contributed by atoms with E-state index < -0.39 is 0 Å². The Morgan fingerprint density at radius 3 is 2.17 bits per heavy atom. The molecular weight excluding hydrogens is 224 g/mol. The smallest absolute Gasteiger partial charge is 0.189 e. The summed E-state index contributed by atoms with van der Waals surface area (Å²) in [7, 11) is 0. The van der Waals surface area contributed by atoms with Gasteiger partial charge in [0.25, 0.3) is 0 Å². The minimum absolute atomic E-state index is 0.278. The lowest BCUT2D eigenvalue weighted by molar-refractivity contribution is 0.00431. The number of hydrogen-bond acceptors (Lipinski definition) is 2. The fourth-order valence-corrected chi connectivity index (χ4v) is 1.86. The van der Waals surface area contributed by atoms with Crippen LogP contribution in [0.4, 0.5) is 0 Å². The molecule has 0 unspecified atom stereocenters. The summed E-state index contributed by atoms with van der Waals surface area (Å²) >= 11 is 0. The lowest BCUT2D eigenvalue weighted by Crippen LogP contribution is -2.05. The first-order valence-corrected chi connectivity index (χ1v) is 6.08. The molecule has 0 bridgehead atoms. The summed E-state index contributed by atoms with van der Waals surface area (Å²) in [5.74, 6) is 0.922. The first kappa shape index (κ1) is 12.7. The molecule has 0 amide bonds. The Bertz CT molecular complexity index is 471. The highest BCUT2D eigenvalue weighted by molar-refractivity contribution is 5.39. The van der Waals surface area contributed by atoms with Crippen molar-refractivity contribution in [1.82, 2.24) is 0 Å². The van der Waals surface area contributed by atoms with Crippen molar-refractivity contribution in [1.29, 1.82) is 0 Å². The van der Waals surface area contributed by atoms with E-state index in [0.717, 1.165) is 22.4 Å². The molecule has 2 heteroatoms. The van der Waals surface area contributed by atoms with Gasteiger partial charge in [0.05, 0.1) is 6.61 Å². The number of aryl methyl sites for hydroxylation is 2. The van der Waals surface area contributed by atoms with Crippen LogP contribution < -0.4 is 4.74 Å². The summed E-state index contributed by atoms with van der Waals surface area (Å²) in [4.78, 5) is 0. The van der Waals surface area contributed by atoms with E-state index in [4.69, 9.17) is 9.47 Å². The number of benzene rings is 2. The van der Waals surface area contributed by atoms with Crippen LogP contribution in [0.3, 0.4) is 0 Å². The van der Waals surface area contributed by atoms with E-state index >= 15 is 0 Å². The van der Waals surface area contributed by atoms with Crippen molar-refractivity contribution in [3.63, 3.8) is 0 Å².